The van der Waals surface area contributed by atoms with E-state index < -0.39 is 17.2 Å². The lowest BCUT2D eigenvalue weighted by atomic mass is 9.78. The molecule has 1 aliphatic carbocycles. The maximum Gasteiger partial charge on any atom is 0.416 e. The Morgan fingerprint density at radius 3 is 2.32 bits per heavy atom. The minimum absolute atomic E-state index is 0.200. The molecular weight excluding hydrogens is 369 g/mol. The summed E-state index contributed by atoms with van der Waals surface area (Å²) >= 11 is 0. The first-order chi connectivity index (χ1) is 13.3. The van der Waals surface area contributed by atoms with Crippen molar-refractivity contribution in [3.63, 3.8) is 0 Å². The zero-order chi connectivity index (χ0) is 19.9. The monoisotopic (exact) mass is 396 g/mol. The zero-order valence-corrected chi connectivity index (χ0v) is 15.9. The number of nitrogens with zero attached hydrogens (tertiary/aromatic N) is 2. The Kier molecular flexibility index (Phi) is 5.06. The Labute approximate surface area is 163 Å². The second kappa shape index (κ2) is 7.25. The molecule has 28 heavy (non-hydrogen) atoms. The van der Waals surface area contributed by atoms with Crippen LogP contribution in [0.25, 0.3) is 0 Å². The summed E-state index contributed by atoms with van der Waals surface area (Å²) in [6, 6.07) is 5.49. The largest absolute Gasteiger partial charge is 0.416 e. The molecule has 1 saturated carbocycles. The van der Waals surface area contributed by atoms with Crippen molar-refractivity contribution in [2.24, 2.45) is 5.41 Å². The maximum atomic E-state index is 13.3. The number of benzene rings is 1. The minimum Gasteiger partial charge on any atom is -0.393 e. The van der Waals surface area contributed by atoms with Gasteiger partial charge in [-0.1, -0.05) is 0 Å². The van der Waals surface area contributed by atoms with Crippen LogP contribution in [0.5, 0.6) is 0 Å². The van der Waals surface area contributed by atoms with Crippen LogP contribution in [0.2, 0.25) is 0 Å². The molecule has 1 amide bonds. The Morgan fingerprint density at radius 1 is 1.00 bits per heavy atom. The van der Waals surface area contributed by atoms with Crippen molar-refractivity contribution in [3.05, 3.63) is 29.8 Å². The first-order valence-corrected chi connectivity index (χ1v) is 10.2. The first-order valence-electron chi connectivity index (χ1n) is 10.2. The Morgan fingerprint density at radius 2 is 1.68 bits per heavy atom. The molecule has 4 nitrogen and oxygen atoms in total. The van der Waals surface area contributed by atoms with Crippen LogP contribution < -0.4 is 4.90 Å². The van der Waals surface area contributed by atoms with Gasteiger partial charge in [0, 0.05) is 31.4 Å². The molecule has 1 atom stereocenters. The number of carbonyl (C=O) groups is 1. The van der Waals surface area contributed by atoms with Gasteiger partial charge in [-0.2, -0.15) is 13.2 Å². The lowest BCUT2D eigenvalue weighted by Gasteiger charge is -2.41. The zero-order valence-electron chi connectivity index (χ0n) is 15.9. The van der Waals surface area contributed by atoms with Crippen LogP contribution in [0.4, 0.5) is 18.9 Å². The summed E-state index contributed by atoms with van der Waals surface area (Å²) in [5.41, 5.74) is -0.318. The van der Waals surface area contributed by atoms with Gasteiger partial charge in [0.15, 0.2) is 0 Å². The van der Waals surface area contributed by atoms with Crippen molar-refractivity contribution in [2.45, 2.75) is 63.3 Å². The van der Waals surface area contributed by atoms with E-state index in [1.807, 2.05) is 4.90 Å². The lowest BCUT2D eigenvalue weighted by molar-refractivity contribution is -0.139. The van der Waals surface area contributed by atoms with Crippen LogP contribution in [-0.4, -0.2) is 47.7 Å². The molecule has 1 aromatic rings. The number of alkyl halides is 3. The third-order valence-electron chi connectivity index (χ3n) is 6.79. The number of halogens is 3. The molecule has 2 saturated heterocycles. The van der Waals surface area contributed by atoms with Crippen molar-refractivity contribution in [1.29, 1.82) is 0 Å². The quantitative estimate of drug-likeness (QED) is 0.826. The van der Waals surface area contributed by atoms with Gasteiger partial charge in [0.1, 0.15) is 0 Å². The van der Waals surface area contributed by atoms with E-state index in [1.165, 1.54) is 12.1 Å². The Hall–Kier alpha value is -1.76. The summed E-state index contributed by atoms with van der Waals surface area (Å²) in [7, 11) is 0. The SMILES string of the molecule is O=C1N(C2CCC(O)CC2)CCC12CCCN(c1ccc(C(F)(F)F)cc1)C2. The van der Waals surface area contributed by atoms with Crippen LogP contribution in [0.15, 0.2) is 24.3 Å². The Bertz CT molecular complexity index is 713. The van der Waals surface area contributed by atoms with E-state index in [2.05, 4.69) is 4.90 Å². The van der Waals surface area contributed by atoms with Gasteiger partial charge in [0.05, 0.1) is 17.1 Å². The van der Waals surface area contributed by atoms with Gasteiger partial charge in [-0.3, -0.25) is 4.79 Å². The second-order valence-electron chi connectivity index (χ2n) is 8.56. The van der Waals surface area contributed by atoms with Crippen LogP contribution in [0.3, 0.4) is 0 Å². The molecule has 1 unspecified atom stereocenters. The van der Waals surface area contributed by atoms with Crippen LogP contribution >= 0.6 is 0 Å². The standard InChI is InChI=1S/C21H27F3N2O2/c22-21(23,24)15-2-4-16(5-3-15)25-12-1-10-20(14-25)11-13-26(19(20)28)17-6-8-18(27)9-7-17/h2-5,17-18,27H,1,6-14H2. The molecule has 7 heteroatoms. The molecule has 154 valence electrons. The van der Waals surface area contributed by atoms with E-state index >= 15 is 0 Å². The number of anilines is 1. The number of rotatable bonds is 2. The van der Waals surface area contributed by atoms with Crippen molar-refractivity contribution in [1.82, 2.24) is 4.90 Å². The predicted molar refractivity (Wildman–Crippen MR) is 99.9 cm³/mol. The summed E-state index contributed by atoms with van der Waals surface area (Å²) in [5.74, 6) is 0.200. The molecule has 1 spiro atoms. The number of aliphatic hydroxyl groups is 1. The van der Waals surface area contributed by atoms with E-state index in [9.17, 15) is 23.1 Å². The molecule has 1 N–H and O–H groups in total. The average Bonchev–Trinajstić information content (AvgIpc) is 2.98. The molecule has 3 aliphatic rings. The highest BCUT2D eigenvalue weighted by Crippen LogP contribution is 2.43. The fourth-order valence-electron chi connectivity index (χ4n) is 5.16. The van der Waals surface area contributed by atoms with Gasteiger partial charge in [-0.05, 0) is 69.2 Å². The second-order valence-corrected chi connectivity index (χ2v) is 8.56. The predicted octanol–water partition coefficient (Wildman–Crippen LogP) is 3.83. The van der Waals surface area contributed by atoms with Gasteiger partial charge in [-0.15, -0.1) is 0 Å². The van der Waals surface area contributed by atoms with Crippen molar-refractivity contribution >= 4 is 11.6 Å². The van der Waals surface area contributed by atoms with Crippen LogP contribution in [0.1, 0.15) is 50.5 Å². The van der Waals surface area contributed by atoms with Crippen LogP contribution in [0, 0.1) is 5.41 Å². The molecular formula is C21H27F3N2O2. The normalized spacial score (nSPS) is 31.6. The van der Waals surface area contributed by atoms with E-state index in [4.69, 9.17) is 0 Å². The molecule has 0 aromatic heterocycles. The van der Waals surface area contributed by atoms with Gasteiger partial charge < -0.3 is 14.9 Å². The average molecular weight is 396 g/mol. The number of likely N-dealkylation sites (tertiary alicyclic amines) is 1. The topological polar surface area (TPSA) is 43.8 Å². The van der Waals surface area contributed by atoms with Gasteiger partial charge in [0.2, 0.25) is 5.91 Å². The fourth-order valence-corrected chi connectivity index (χ4v) is 5.16. The smallest absolute Gasteiger partial charge is 0.393 e. The van der Waals surface area contributed by atoms with E-state index in [0.29, 0.717) is 6.54 Å². The van der Waals surface area contributed by atoms with Crippen LogP contribution in [-0.2, 0) is 11.0 Å². The molecule has 3 fully saturated rings. The van der Waals surface area contributed by atoms with Gasteiger partial charge >= 0.3 is 6.18 Å². The molecule has 1 aromatic carbocycles. The summed E-state index contributed by atoms with van der Waals surface area (Å²) in [5, 5.41) is 9.73. The minimum atomic E-state index is -4.34. The van der Waals surface area contributed by atoms with Crippen molar-refractivity contribution < 1.29 is 23.1 Å². The number of aliphatic hydroxyl groups excluding tert-OH is 1. The number of hydrogen-bond donors (Lipinski definition) is 1. The van der Waals surface area contributed by atoms with Crippen molar-refractivity contribution in [3.8, 4) is 0 Å². The van der Waals surface area contributed by atoms with Gasteiger partial charge in [-0.25, -0.2) is 0 Å². The molecule has 0 bridgehead atoms. The Balaban J connectivity index is 1.47. The number of hydrogen-bond acceptors (Lipinski definition) is 3. The maximum absolute atomic E-state index is 13.3. The lowest BCUT2D eigenvalue weighted by Crippen LogP contribution is -2.50. The highest BCUT2D eigenvalue weighted by Gasteiger charge is 2.50. The number of piperidine rings is 1. The first kappa shape index (κ1) is 19.6. The summed E-state index contributed by atoms with van der Waals surface area (Å²) < 4.78 is 38.5. The molecule has 0 radical (unpaired) electrons. The van der Waals surface area contributed by atoms with E-state index in [0.717, 1.165) is 75.9 Å². The number of carbonyl (C=O) groups excluding carboxylic acids is 1. The fraction of sp³-hybridized carbons (Fsp3) is 0.667. The highest BCUT2D eigenvalue weighted by molar-refractivity contribution is 5.86. The van der Waals surface area contributed by atoms with E-state index in [1.54, 1.807) is 0 Å². The third-order valence-corrected chi connectivity index (χ3v) is 6.79. The molecule has 2 heterocycles. The van der Waals surface area contributed by atoms with Gasteiger partial charge in [0.25, 0.3) is 0 Å². The summed E-state index contributed by atoms with van der Waals surface area (Å²) in [6.07, 6.45) is 1.14. The third kappa shape index (κ3) is 3.61. The van der Waals surface area contributed by atoms with E-state index in [-0.39, 0.29) is 18.1 Å². The summed E-state index contributed by atoms with van der Waals surface area (Å²) in [6.45, 7) is 2.08. The number of amides is 1. The summed E-state index contributed by atoms with van der Waals surface area (Å²) in [4.78, 5) is 17.4. The molecule has 2 aliphatic heterocycles. The van der Waals surface area contributed by atoms with Crippen molar-refractivity contribution in [2.75, 3.05) is 24.5 Å². The highest BCUT2D eigenvalue weighted by atomic mass is 19.4. The molecule has 4 rings (SSSR count).